The smallest absolute Gasteiger partial charge is 0.116 e. The molecule has 1 nitrogen and oxygen atoms in total. The van der Waals surface area contributed by atoms with Gasteiger partial charge in [0, 0.05) is 7.05 Å². The van der Waals surface area contributed by atoms with Crippen molar-refractivity contribution < 1.29 is 0 Å². The normalized spacial score (nSPS) is 9.25. The van der Waals surface area contributed by atoms with Crippen molar-refractivity contribution in [2.24, 2.45) is 0 Å². The summed E-state index contributed by atoms with van der Waals surface area (Å²) in [6.45, 7) is 0. The highest BCUT2D eigenvalue weighted by Gasteiger charge is 1.94. The molecule has 0 bridgehead atoms. The Morgan fingerprint density at radius 2 is 2.50 bits per heavy atom. The maximum absolute atomic E-state index is 5.70. The Labute approximate surface area is 57.3 Å². The summed E-state index contributed by atoms with van der Waals surface area (Å²) in [5.74, 6) is 0. The van der Waals surface area contributed by atoms with E-state index in [1.165, 1.54) is 11.3 Å². The Morgan fingerprint density at radius 3 is 2.75 bits per heavy atom. The van der Waals surface area contributed by atoms with Crippen molar-refractivity contribution in [2.45, 2.75) is 0 Å². The van der Waals surface area contributed by atoms with Gasteiger partial charge in [-0.3, -0.25) is 0 Å². The zero-order valence-electron chi connectivity index (χ0n) is 4.44. The quantitative estimate of drug-likeness (QED) is 0.644. The van der Waals surface area contributed by atoms with E-state index in [0.717, 1.165) is 10.0 Å². The minimum Gasteiger partial charge on any atom is -0.386 e. The van der Waals surface area contributed by atoms with E-state index in [1.54, 1.807) is 0 Å². The van der Waals surface area contributed by atoms with E-state index in [0.29, 0.717) is 0 Å². The van der Waals surface area contributed by atoms with Crippen molar-refractivity contribution in [3.8, 4) is 0 Å². The summed E-state index contributed by atoms with van der Waals surface area (Å²) in [6.07, 6.45) is 0. The van der Waals surface area contributed by atoms with Gasteiger partial charge in [0.2, 0.25) is 0 Å². The van der Waals surface area contributed by atoms with Gasteiger partial charge in [-0.05, 0) is 11.4 Å². The standard InChI is InChI=1S/C5H6ClNS/c1-7-4-2-3-8-5(4)6/h2-3,7H,1H3. The van der Waals surface area contributed by atoms with E-state index < -0.39 is 0 Å². The number of halogens is 1. The van der Waals surface area contributed by atoms with Gasteiger partial charge < -0.3 is 5.32 Å². The molecular weight excluding hydrogens is 142 g/mol. The number of hydrogen-bond acceptors (Lipinski definition) is 2. The molecule has 8 heavy (non-hydrogen) atoms. The first-order valence-corrected chi connectivity index (χ1v) is 3.51. The van der Waals surface area contributed by atoms with Gasteiger partial charge in [-0.1, -0.05) is 11.6 Å². The molecule has 3 heteroatoms. The minimum atomic E-state index is 0.826. The highest BCUT2D eigenvalue weighted by Crippen LogP contribution is 2.26. The molecule has 0 aliphatic carbocycles. The fourth-order valence-corrected chi connectivity index (χ4v) is 1.40. The first-order chi connectivity index (χ1) is 3.84. The Hall–Kier alpha value is -0.210. The van der Waals surface area contributed by atoms with Crippen LogP contribution in [0.15, 0.2) is 11.4 Å². The molecule has 0 amide bonds. The van der Waals surface area contributed by atoms with Gasteiger partial charge >= 0.3 is 0 Å². The molecule has 0 saturated heterocycles. The highest BCUT2D eigenvalue weighted by atomic mass is 35.5. The summed E-state index contributed by atoms with van der Waals surface area (Å²) in [5.41, 5.74) is 1.01. The fraction of sp³-hybridized carbons (Fsp3) is 0.200. The van der Waals surface area contributed by atoms with E-state index in [-0.39, 0.29) is 0 Å². The van der Waals surface area contributed by atoms with Crippen LogP contribution in [-0.2, 0) is 0 Å². The number of thiophene rings is 1. The van der Waals surface area contributed by atoms with Crippen LogP contribution < -0.4 is 5.32 Å². The first-order valence-electron chi connectivity index (χ1n) is 2.25. The van der Waals surface area contributed by atoms with Crippen molar-refractivity contribution in [2.75, 3.05) is 12.4 Å². The topological polar surface area (TPSA) is 12.0 Å². The highest BCUT2D eigenvalue weighted by molar-refractivity contribution is 7.15. The average Bonchev–Trinajstić information content (AvgIpc) is 2.14. The molecule has 0 aliphatic heterocycles. The summed E-state index contributed by atoms with van der Waals surface area (Å²) in [4.78, 5) is 0. The van der Waals surface area contributed by atoms with Crippen molar-refractivity contribution >= 4 is 28.6 Å². The van der Waals surface area contributed by atoms with Crippen LogP contribution in [0.2, 0.25) is 4.34 Å². The third-order valence-electron chi connectivity index (χ3n) is 0.887. The predicted molar refractivity (Wildman–Crippen MR) is 38.9 cm³/mol. The summed E-state index contributed by atoms with van der Waals surface area (Å²) in [7, 11) is 1.86. The van der Waals surface area contributed by atoms with Gasteiger partial charge in [-0.2, -0.15) is 0 Å². The fourth-order valence-electron chi connectivity index (χ4n) is 0.472. The van der Waals surface area contributed by atoms with Crippen molar-refractivity contribution in [1.29, 1.82) is 0 Å². The van der Waals surface area contributed by atoms with Crippen LogP contribution in [-0.4, -0.2) is 7.05 Å². The SMILES string of the molecule is CNc1ccsc1Cl. The molecular formula is C5H6ClNS. The number of hydrogen-bond donors (Lipinski definition) is 1. The molecule has 1 N–H and O–H groups in total. The largest absolute Gasteiger partial charge is 0.386 e. The second kappa shape index (κ2) is 2.37. The van der Waals surface area contributed by atoms with E-state index in [2.05, 4.69) is 5.32 Å². The Kier molecular flexibility index (Phi) is 1.76. The summed E-state index contributed by atoms with van der Waals surface area (Å²) < 4.78 is 0.826. The lowest BCUT2D eigenvalue weighted by atomic mass is 10.5. The summed E-state index contributed by atoms with van der Waals surface area (Å²) in [6, 6.07) is 1.95. The third kappa shape index (κ3) is 0.956. The van der Waals surface area contributed by atoms with Crippen LogP contribution in [0.25, 0.3) is 0 Å². The molecule has 0 aliphatic rings. The van der Waals surface area contributed by atoms with Gasteiger partial charge in [-0.15, -0.1) is 11.3 Å². The van der Waals surface area contributed by atoms with Crippen LogP contribution in [0.3, 0.4) is 0 Å². The lowest BCUT2D eigenvalue weighted by molar-refractivity contribution is 1.56. The van der Waals surface area contributed by atoms with Crippen LogP contribution in [0.5, 0.6) is 0 Å². The molecule has 0 fully saturated rings. The van der Waals surface area contributed by atoms with Crippen LogP contribution in [0, 0.1) is 0 Å². The number of rotatable bonds is 1. The third-order valence-corrected chi connectivity index (χ3v) is 2.06. The zero-order valence-corrected chi connectivity index (χ0v) is 6.01. The Bertz CT molecular complexity index is 173. The maximum Gasteiger partial charge on any atom is 0.116 e. The molecule has 1 aromatic heterocycles. The van der Waals surface area contributed by atoms with Crippen molar-refractivity contribution in [3.63, 3.8) is 0 Å². The zero-order chi connectivity index (χ0) is 5.98. The Balaban J connectivity index is 2.92. The molecule has 0 radical (unpaired) electrons. The van der Waals surface area contributed by atoms with Gasteiger partial charge in [0.05, 0.1) is 5.69 Å². The molecule has 1 heterocycles. The van der Waals surface area contributed by atoms with E-state index in [9.17, 15) is 0 Å². The van der Waals surface area contributed by atoms with Crippen LogP contribution >= 0.6 is 22.9 Å². The second-order valence-corrected chi connectivity index (χ2v) is 2.88. The van der Waals surface area contributed by atoms with Gasteiger partial charge in [-0.25, -0.2) is 0 Å². The summed E-state index contributed by atoms with van der Waals surface area (Å²) >= 11 is 7.23. The van der Waals surface area contributed by atoms with E-state index in [1.807, 2.05) is 18.5 Å². The van der Waals surface area contributed by atoms with Crippen LogP contribution in [0.4, 0.5) is 5.69 Å². The monoisotopic (exact) mass is 147 g/mol. The molecule has 44 valence electrons. The lowest BCUT2D eigenvalue weighted by Gasteiger charge is -1.90. The van der Waals surface area contributed by atoms with E-state index in [4.69, 9.17) is 11.6 Å². The molecule has 0 aromatic carbocycles. The van der Waals surface area contributed by atoms with Crippen molar-refractivity contribution in [1.82, 2.24) is 0 Å². The summed E-state index contributed by atoms with van der Waals surface area (Å²) in [5, 5.41) is 4.91. The van der Waals surface area contributed by atoms with Crippen LogP contribution in [0.1, 0.15) is 0 Å². The first kappa shape index (κ1) is 5.92. The van der Waals surface area contributed by atoms with E-state index >= 15 is 0 Å². The Morgan fingerprint density at radius 1 is 1.75 bits per heavy atom. The van der Waals surface area contributed by atoms with Gasteiger partial charge in [0.25, 0.3) is 0 Å². The number of anilines is 1. The molecule has 1 aromatic rings. The number of nitrogens with one attached hydrogen (secondary N) is 1. The van der Waals surface area contributed by atoms with Gasteiger partial charge in [0.15, 0.2) is 0 Å². The van der Waals surface area contributed by atoms with Crippen molar-refractivity contribution in [3.05, 3.63) is 15.8 Å². The molecule has 0 spiro atoms. The minimum absolute atomic E-state index is 0.826. The molecule has 0 atom stereocenters. The second-order valence-electron chi connectivity index (χ2n) is 1.36. The average molecular weight is 148 g/mol. The maximum atomic E-state index is 5.70. The predicted octanol–water partition coefficient (Wildman–Crippen LogP) is 2.44. The molecule has 1 rings (SSSR count). The lowest BCUT2D eigenvalue weighted by Crippen LogP contribution is -1.82. The van der Waals surface area contributed by atoms with Gasteiger partial charge in [0.1, 0.15) is 4.34 Å². The molecule has 0 unspecified atom stereocenters. The molecule has 0 saturated carbocycles.